The second-order valence-corrected chi connectivity index (χ2v) is 7.88. The van der Waals surface area contributed by atoms with Crippen molar-refractivity contribution < 1.29 is 4.79 Å². The van der Waals surface area contributed by atoms with E-state index in [2.05, 4.69) is 41.5 Å². The van der Waals surface area contributed by atoms with Gasteiger partial charge in [0.05, 0.1) is 22.4 Å². The van der Waals surface area contributed by atoms with Crippen molar-refractivity contribution in [3.8, 4) is 0 Å². The average Bonchev–Trinajstić information content (AvgIpc) is 3.42. The monoisotopic (exact) mass is 488 g/mol. The number of halogens is 2. The number of aryl methyl sites for hydroxylation is 1. The van der Waals surface area contributed by atoms with Crippen LogP contribution in [0.15, 0.2) is 47.3 Å². The van der Waals surface area contributed by atoms with Crippen LogP contribution in [0.1, 0.15) is 27.4 Å². The lowest BCUT2D eigenvalue weighted by molar-refractivity contribution is 0.102. The highest BCUT2D eigenvalue weighted by Crippen LogP contribution is 2.19. The minimum atomic E-state index is -0.390. The SMILES string of the molecule is Cc1nn(Cn2ccc(C(=O)Nc3ncn(Cc4ccccc4Cl)n3)n2)c(C)c1Br. The van der Waals surface area contributed by atoms with E-state index in [0.29, 0.717) is 18.2 Å². The molecule has 0 saturated carbocycles. The molecule has 1 N–H and O–H groups in total. The van der Waals surface area contributed by atoms with Gasteiger partial charge >= 0.3 is 0 Å². The van der Waals surface area contributed by atoms with Crippen LogP contribution in [0.4, 0.5) is 5.95 Å². The molecule has 0 aliphatic rings. The van der Waals surface area contributed by atoms with Crippen molar-refractivity contribution in [2.24, 2.45) is 0 Å². The van der Waals surface area contributed by atoms with Gasteiger partial charge in [-0.1, -0.05) is 29.8 Å². The molecule has 4 rings (SSSR count). The lowest BCUT2D eigenvalue weighted by atomic mass is 10.2. The highest BCUT2D eigenvalue weighted by molar-refractivity contribution is 9.10. The molecule has 0 bridgehead atoms. The maximum absolute atomic E-state index is 12.5. The van der Waals surface area contributed by atoms with Crippen LogP contribution in [-0.4, -0.2) is 40.2 Å². The molecular formula is C19H18BrClN8O. The van der Waals surface area contributed by atoms with E-state index >= 15 is 0 Å². The maximum atomic E-state index is 12.5. The topological polar surface area (TPSA) is 95.5 Å². The fourth-order valence-corrected chi connectivity index (χ4v) is 3.39. The Morgan fingerprint density at radius 1 is 1.13 bits per heavy atom. The molecule has 1 aromatic carbocycles. The van der Waals surface area contributed by atoms with E-state index in [1.54, 1.807) is 21.6 Å². The zero-order valence-corrected chi connectivity index (χ0v) is 18.6. The number of rotatable bonds is 6. The Balaban J connectivity index is 1.41. The van der Waals surface area contributed by atoms with Gasteiger partial charge in [0, 0.05) is 11.2 Å². The van der Waals surface area contributed by atoms with Gasteiger partial charge in [-0.05, 0) is 47.5 Å². The summed E-state index contributed by atoms with van der Waals surface area (Å²) in [6, 6.07) is 9.14. The van der Waals surface area contributed by atoms with Gasteiger partial charge in [0.25, 0.3) is 5.91 Å². The molecule has 0 unspecified atom stereocenters. The fraction of sp³-hybridized carbons (Fsp3) is 0.211. The maximum Gasteiger partial charge on any atom is 0.278 e. The van der Waals surface area contributed by atoms with Crippen molar-refractivity contribution in [3.05, 3.63) is 75.0 Å². The summed E-state index contributed by atoms with van der Waals surface area (Å²) < 4.78 is 6.03. The summed E-state index contributed by atoms with van der Waals surface area (Å²) >= 11 is 9.68. The predicted octanol–water partition coefficient (Wildman–Crippen LogP) is 3.51. The van der Waals surface area contributed by atoms with Crippen molar-refractivity contribution in [3.63, 3.8) is 0 Å². The van der Waals surface area contributed by atoms with Gasteiger partial charge in [-0.3, -0.25) is 14.8 Å². The number of hydrogen-bond acceptors (Lipinski definition) is 5. The van der Waals surface area contributed by atoms with E-state index in [1.165, 1.54) is 6.33 Å². The molecule has 11 heteroatoms. The summed E-state index contributed by atoms with van der Waals surface area (Å²) in [6.45, 7) is 4.74. The Labute approximate surface area is 185 Å². The number of hydrogen-bond donors (Lipinski definition) is 1. The predicted molar refractivity (Wildman–Crippen MR) is 116 cm³/mol. The molecule has 0 aliphatic carbocycles. The third-order valence-corrected chi connectivity index (χ3v) is 6.01. The zero-order chi connectivity index (χ0) is 21.3. The van der Waals surface area contributed by atoms with Crippen molar-refractivity contribution in [1.29, 1.82) is 0 Å². The highest BCUT2D eigenvalue weighted by atomic mass is 79.9. The Morgan fingerprint density at radius 2 is 1.93 bits per heavy atom. The van der Waals surface area contributed by atoms with Gasteiger partial charge in [-0.2, -0.15) is 10.2 Å². The van der Waals surface area contributed by atoms with Gasteiger partial charge < -0.3 is 0 Å². The number of carbonyl (C=O) groups is 1. The van der Waals surface area contributed by atoms with E-state index in [9.17, 15) is 4.79 Å². The van der Waals surface area contributed by atoms with Crippen molar-refractivity contribution in [2.75, 3.05) is 5.32 Å². The molecule has 154 valence electrons. The Kier molecular flexibility index (Phi) is 5.69. The van der Waals surface area contributed by atoms with Crippen LogP contribution >= 0.6 is 27.5 Å². The van der Waals surface area contributed by atoms with Gasteiger partial charge in [-0.15, -0.1) is 5.10 Å². The van der Waals surface area contributed by atoms with Crippen molar-refractivity contribution in [1.82, 2.24) is 34.3 Å². The fourth-order valence-electron chi connectivity index (χ4n) is 2.91. The summed E-state index contributed by atoms with van der Waals surface area (Å²) in [5.41, 5.74) is 3.06. The molecule has 0 fully saturated rings. The molecule has 0 radical (unpaired) electrons. The van der Waals surface area contributed by atoms with E-state index in [1.807, 2.05) is 42.8 Å². The standard InChI is InChI=1S/C19H18BrClN8O/c1-12-17(20)13(2)29(24-12)11-27-8-7-16(25-27)18(30)23-19-22-10-28(26-19)9-14-5-3-4-6-15(14)21/h3-8,10H,9,11H2,1-2H3,(H,23,26,30). The largest absolute Gasteiger partial charge is 0.288 e. The second-order valence-electron chi connectivity index (χ2n) is 6.68. The summed E-state index contributed by atoms with van der Waals surface area (Å²) in [4.78, 5) is 16.6. The first-order valence-electron chi connectivity index (χ1n) is 9.08. The van der Waals surface area contributed by atoms with Gasteiger partial charge in [0.15, 0.2) is 5.69 Å². The van der Waals surface area contributed by atoms with Gasteiger partial charge in [0.2, 0.25) is 5.95 Å². The average molecular weight is 490 g/mol. The molecule has 0 saturated heterocycles. The van der Waals surface area contributed by atoms with Crippen molar-refractivity contribution >= 4 is 39.4 Å². The minimum absolute atomic E-state index is 0.198. The van der Waals surface area contributed by atoms with Crippen LogP contribution < -0.4 is 5.32 Å². The molecule has 3 aromatic heterocycles. The van der Waals surface area contributed by atoms with Crippen LogP contribution in [0.3, 0.4) is 0 Å². The number of aromatic nitrogens is 7. The first-order chi connectivity index (χ1) is 14.4. The van der Waals surface area contributed by atoms with Crippen LogP contribution in [0.2, 0.25) is 5.02 Å². The van der Waals surface area contributed by atoms with Crippen LogP contribution in [0.5, 0.6) is 0 Å². The minimum Gasteiger partial charge on any atom is -0.288 e. The molecule has 30 heavy (non-hydrogen) atoms. The molecular weight excluding hydrogens is 472 g/mol. The molecule has 0 spiro atoms. The number of anilines is 1. The summed E-state index contributed by atoms with van der Waals surface area (Å²) in [5.74, 6) is -0.192. The summed E-state index contributed by atoms with van der Waals surface area (Å²) in [5, 5.41) is 16.3. The van der Waals surface area contributed by atoms with E-state index in [-0.39, 0.29) is 11.6 Å². The second kappa shape index (κ2) is 8.41. The summed E-state index contributed by atoms with van der Waals surface area (Å²) in [6.07, 6.45) is 3.26. The number of benzene rings is 1. The van der Waals surface area contributed by atoms with Crippen molar-refractivity contribution in [2.45, 2.75) is 27.1 Å². The van der Waals surface area contributed by atoms with Gasteiger partial charge in [-0.25, -0.2) is 14.3 Å². The first kappa shape index (κ1) is 20.3. The molecule has 4 aromatic rings. The number of nitrogens with zero attached hydrogens (tertiary/aromatic N) is 7. The van der Waals surface area contributed by atoms with Crippen LogP contribution in [0.25, 0.3) is 0 Å². The first-order valence-corrected chi connectivity index (χ1v) is 10.2. The number of carbonyl (C=O) groups excluding carboxylic acids is 1. The smallest absolute Gasteiger partial charge is 0.278 e. The Morgan fingerprint density at radius 3 is 2.67 bits per heavy atom. The van der Waals surface area contributed by atoms with Gasteiger partial charge in [0.1, 0.15) is 13.0 Å². The quantitative estimate of drug-likeness (QED) is 0.447. The van der Waals surface area contributed by atoms with E-state index < -0.39 is 5.91 Å². The van der Waals surface area contributed by atoms with Crippen LogP contribution in [0, 0.1) is 13.8 Å². The lowest BCUT2D eigenvalue weighted by Gasteiger charge is -2.04. The summed E-state index contributed by atoms with van der Waals surface area (Å²) in [7, 11) is 0. The third kappa shape index (κ3) is 4.29. The number of nitrogens with one attached hydrogen (secondary N) is 1. The molecule has 0 aliphatic heterocycles. The third-order valence-electron chi connectivity index (χ3n) is 4.50. The number of amides is 1. The van der Waals surface area contributed by atoms with E-state index in [4.69, 9.17) is 11.6 Å². The molecule has 3 heterocycles. The highest BCUT2D eigenvalue weighted by Gasteiger charge is 2.14. The Bertz CT molecular complexity index is 1210. The Hall–Kier alpha value is -2.98. The molecule has 0 atom stereocenters. The van der Waals surface area contributed by atoms with Crippen LogP contribution in [-0.2, 0) is 13.2 Å². The zero-order valence-electron chi connectivity index (χ0n) is 16.3. The lowest BCUT2D eigenvalue weighted by Crippen LogP contribution is -2.16. The molecule has 9 nitrogen and oxygen atoms in total. The normalized spacial score (nSPS) is 11.1. The molecule has 1 amide bonds. The van der Waals surface area contributed by atoms with E-state index in [0.717, 1.165) is 21.4 Å².